The van der Waals surface area contributed by atoms with Crippen LogP contribution in [-0.4, -0.2) is 22.3 Å². The maximum Gasteiger partial charge on any atom is 0.268 e. The first kappa shape index (κ1) is 20.1. The minimum absolute atomic E-state index is 0.0494. The zero-order chi connectivity index (χ0) is 20.9. The van der Waals surface area contributed by atoms with Gasteiger partial charge in [-0.2, -0.15) is 0 Å². The number of carbonyl (C=O) groups excluding carboxylic acids is 2. The van der Waals surface area contributed by atoms with Crippen LogP contribution in [0.15, 0.2) is 66.7 Å². The van der Waals surface area contributed by atoms with Gasteiger partial charge in [0.15, 0.2) is 5.78 Å². The molecule has 3 aromatic rings. The molecule has 0 aliphatic heterocycles. The van der Waals surface area contributed by atoms with E-state index >= 15 is 0 Å². The fourth-order valence-electron chi connectivity index (χ4n) is 4.28. The fraction of sp³-hybridized carbons (Fsp3) is 0.308. The number of nitrogens with one attached hydrogen (secondary N) is 1. The van der Waals surface area contributed by atoms with Crippen molar-refractivity contribution in [1.29, 1.82) is 0 Å². The molecule has 0 spiro atoms. The highest BCUT2D eigenvalue weighted by molar-refractivity contribution is 6.11. The molecule has 0 radical (unpaired) electrons. The standard InChI is InChI=1S/C26H28N2O2/c1-19-23(25(29)21-13-7-3-8-14-21)17-24(26(30)27-22-15-9-4-10-16-22)28(19)18-20-11-5-2-6-12-20/h2-3,5-8,11-14,17,22H,4,9-10,15-16,18H2,1H3,(H,27,30). The first-order chi connectivity index (χ1) is 14.6. The summed E-state index contributed by atoms with van der Waals surface area (Å²) in [7, 11) is 0. The lowest BCUT2D eigenvalue weighted by Gasteiger charge is -2.23. The molecule has 1 aliphatic carbocycles. The SMILES string of the molecule is Cc1c(C(=O)c2ccccc2)cc(C(=O)NC2CCCCC2)n1Cc1ccccc1. The molecule has 0 unspecified atom stereocenters. The Morgan fingerprint density at radius 2 is 1.57 bits per heavy atom. The minimum Gasteiger partial charge on any atom is -0.348 e. The predicted octanol–water partition coefficient (Wildman–Crippen LogP) is 5.14. The zero-order valence-corrected chi connectivity index (χ0v) is 17.4. The minimum atomic E-state index is -0.0898. The number of ketones is 1. The molecule has 1 heterocycles. The van der Waals surface area contributed by atoms with E-state index in [9.17, 15) is 9.59 Å². The molecule has 1 saturated carbocycles. The van der Waals surface area contributed by atoms with Crippen molar-refractivity contribution >= 4 is 11.7 Å². The van der Waals surface area contributed by atoms with Crippen LogP contribution < -0.4 is 5.32 Å². The van der Waals surface area contributed by atoms with E-state index in [1.54, 1.807) is 6.07 Å². The number of carbonyl (C=O) groups is 2. The molecule has 30 heavy (non-hydrogen) atoms. The number of amides is 1. The first-order valence-electron chi connectivity index (χ1n) is 10.8. The Morgan fingerprint density at radius 3 is 2.23 bits per heavy atom. The van der Waals surface area contributed by atoms with Crippen molar-refractivity contribution in [1.82, 2.24) is 9.88 Å². The number of benzene rings is 2. The third-order valence-corrected chi connectivity index (χ3v) is 6.00. The lowest BCUT2D eigenvalue weighted by Crippen LogP contribution is -2.37. The lowest BCUT2D eigenvalue weighted by molar-refractivity contribution is 0.0918. The highest BCUT2D eigenvalue weighted by Crippen LogP contribution is 2.23. The van der Waals surface area contributed by atoms with Crippen LogP contribution in [0.2, 0.25) is 0 Å². The van der Waals surface area contributed by atoms with Gasteiger partial charge in [0.25, 0.3) is 5.91 Å². The van der Waals surface area contributed by atoms with Gasteiger partial charge in [-0.15, -0.1) is 0 Å². The molecule has 0 atom stereocenters. The van der Waals surface area contributed by atoms with Crippen LogP contribution in [0.3, 0.4) is 0 Å². The Morgan fingerprint density at radius 1 is 0.933 bits per heavy atom. The van der Waals surface area contributed by atoms with Crippen LogP contribution in [0, 0.1) is 6.92 Å². The molecule has 1 amide bonds. The van der Waals surface area contributed by atoms with Gasteiger partial charge >= 0.3 is 0 Å². The Kier molecular flexibility index (Phi) is 6.12. The van der Waals surface area contributed by atoms with E-state index in [-0.39, 0.29) is 17.7 Å². The van der Waals surface area contributed by atoms with Crippen LogP contribution in [0.1, 0.15) is 69.8 Å². The molecule has 2 aromatic carbocycles. The number of aromatic nitrogens is 1. The second-order valence-electron chi connectivity index (χ2n) is 8.10. The van der Waals surface area contributed by atoms with E-state index in [0.717, 1.165) is 36.9 Å². The van der Waals surface area contributed by atoms with Gasteiger partial charge in [0.2, 0.25) is 0 Å². The number of hydrogen-bond acceptors (Lipinski definition) is 2. The van der Waals surface area contributed by atoms with Gasteiger partial charge in [-0.1, -0.05) is 79.9 Å². The Labute approximate surface area is 177 Å². The molecule has 4 heteroatoms. The molecule has 1 fully saturated rings. The fourth-order valence-corrected chi connectivity index (χ4v) is 4.28. The number of rotatable bonds is 6. The Bertz CT molecular complexity index is 1020. The molecular formula is C26H28N2O2. The van der Waals surface area contributed by atoms with E-state index in [1.165, 1.54) is 6.42 Å². The van der Waals surface area contributed by atoms with Gasteiger partial charge in [0.05, 0.1) is 0 Å². The summed E-state index contributed by atoms with van der Waals surface area (Å²) in [5.41, 5.74) is 3.70. The van der Waals surface area contributed by atoms with Crippen molar-refractivity contribution < 1.29 is 9.59 Å². The van der Waals surface area contributed by atoms with E-state index in [4.69, 9.17) is 0 Å². The summed E-state index contributed by atoms with van der Waals surface area (Å²) in [6.07, 6.45) is 5.62. The van der Waals surface area contributed by atoms with Gasteiger partial charge in [-0.3, -0.25) is 9.59 Å². The Balaban J connectivity index is 1.69. The second kappa shape index (κ2) is 9.12. The monoisotopic (exact) mass is 400 g/mol. The van der Waals surface area contributed by atoms with Crippen molar-refractivity contribution in [2.75, 3.05) is 0 Å². The summed E-state index contributed by atoms with van der Waals surface area (Å²) in [6, 6.07) is 21.3. The second-order valence-corrected chi connectivity index (χ2v) is 8.10. The zero-order valence-electron chi connectivity index (χ0n) is 17.4. The van der Waals surface area contributed by atoms with Crippen LogP contribution in [0.25, 0.3) is 0 Å². The third kappa shape index (κ3) is 4.38. The normalized spacial score (nSPS) is 14.4. The van der Waals surface area contributed by atoms with Crippen LogP contribution in [-0.2, 0) is 6.54 Å². The highest BCUT2D eigenvalue weighted by Gasteiger charge is 2.24. The molecular weight excluding hydrogens is 372 g/mol. The third-order valence-electron chi connectivity index (χ3n) is 6.00. The molecule has 4 rings (SSSR count). The predicted molar refractivity (Wildman–Crippen MR) is 119 cm³/mol. The van der Waals surface area contributed by atoms with Gasteiger partial charge in [-0.05, 0) is 31.4 Å². The van der Waals surface area contributed by atoms with Crippen LogP contribution in [0.5, 0.6) is 0 Å². The van der Waals surface area contributed by atoms with Crippen molar-refractivity contribution in [3.05, 3.63) is 94.8 Å². The maximum absolute atomic E-state index is 13.2. The van der Waals surface area contributed by atoms with E-state index in [2.05, 4.69) is 5.32 Å². The molecule has 154 valence electrons. The summed E-state index contributed by atoms with van der Waals surface area (Å²) in [6.45, 7) is 2.48. The summed E-state index contributed by atoms with van der Waals surface area (Å²) in [4.78, 5) is 26.4. The van der Waals surface area contributed by atoms with E-state index in [1.807, 2.05) is 72.2 Å². The number of nitrogens with zero attached hydrogens (tertiary/aromatic N) is 1. The smallest absolute Gasteiger partial charge is 0.268 e. The van der Waals surface area contributed by atoms with Gasteiger partial charge in [-0.25, -0.2) is 0 Å². The van der Waals surface area contributed by atoms with Gasteiger partial charge in [0.1, 0.15) is 5.69 Å². The molecule has 1 N–H and O–H groups in total. The molecule has 0 bridgehead atoms. The van der Waals surface area contributed by atoms with Crippen molar-refractivity contribution in [3.8, 4) is 0 Å². The summed E-state index contributed by atoms with van der Waals surface area (Å²) in [5.74, 6) is -0.139. The lowest BCUT2D eigenvalue weighted by atomic mass is 9.95. The van der Waals surface area contributed by atoms with Crippen LogP contribution in [0.4, 0.5) is 0 Å². The van der Waals surface area contributed by atoms with Gasteiger partial charge < -0.3 is 9.88 Å². The summed E-state index contributed by atoms with van der Waals surface area (Å²) < 4.78 is 1.98. The maximum atomic E-state index is 13.2. The molecule has 4 nitrogen and oxygen atoms in total. The van der Waals surface area contributed by atoms with Gasteiger partial charge in [0, 0.05) is 29.4 Å². The van der Waals surface area contributed by atoms with Crippen molar-refractivity contribution in [3.63, 3.8) is 0 Å². The number of hydrogen-bond donors (Lipinski definition) is 1. The van der Waals surface area contributed by atoms with Crippen molar-refractivity contribution in [2.24, 2.45) is 0 Å². The summed E-state index contributed by atoms with van der Waals surface area (Å²) in [5, 5.41) is 3.21. The van der Waals surface area contributed by atoms with E-state index in [0.29, 0.717) is 23.4 Å². The highest BCUT2D eigenvalue weighted by atomic mass is 16.2. The van der Waals surface area contributed by atoms with Crippen molar-refractivity contribution in [2.45, 2.75) is 51.6 Å². The quantitative estimate of drug-likeness (QED) is 0.583. The summed E-state index contributed by atoms with van der Waals surface area (Å²) >= 11 is 0. The van der Waals surface area contributed by atoms with E-state index < -0.39 is 0 Å². The molecule has 1 aromatic heterocycles. The Hall–Kier alpha value is -3.14. The first-order valence-corrected chi connectivity index (χ1v) is 10.8. The molecule has 1 aliphatic rings. The largest absolute Gasteiger partial charge is 0.348 e. The average Bonchev–Trinajstić information content (AvgIpc) is 3.11. The molecule has 0 saturated heterocycles. The van der Waals surface area contributed by atoms with Crippen LogP contribution >= 0.6 is 0 Å². The average molecular weight is 401 g/mol. The topological polar surface area (TPSA) is 51.1 Å².